The molecule has 0 radical (unpaired) electrons. The maximum absolute atomic E-state index is 12.0. The van der Waals surface area contributed by atoms with Crippen LogP contribution in [0.1, 0.15) is 33.3 Å². The molecule has 0 aromatic heterocycles. The van der Waals surface area contributed by atoms with Gasteiger partial charge in [0.2, 0.25) is 0 Å². The van der Waals surface area contributed by atoms with Crippen LogP contribution in [0.5, 0.6) is 0 Å². The molecule has 0 aliphatic carbocycles. The highest BCUT2D eigenvalue weighted by Gasteiger charge is 2.28. The van der Waals surface area contributed by atoms with Crippen LogP contribution >= 0.6 is 15.9 Å². The first-order valence-corrected chi connectivity index (χ1v) is 8.86. The standard InChI is InChI=1S/C14H22BrNO2S/c1-5-11-10-12(15)6-7-13(11)16-8-9-19(17,18)14(2,3)4/h6-7,10,16H,5,8-9H2,1-4H3. The van der Waals surface area contributed by atoms with E-state index in [9.17, 15) is 8.42 Å². The van der Waals surface area contributed by atoms with E-state index < -0.39 is 14.6 Å². The molecule has 0 saturated heterocycles. The lowest BCUT2D eigenvalue weighted by Crippen LogP contribution is -2.32. The average molecular weight is 348 g/mol. The summed E-state index contributed by atoms with van der Waals surface area (Å²) in [6, 6.07) is 5.99. The molecule has 0 atom stereocenters. The highest BCUT2D eigenvalue weighted by molar-refractivity contribution is 9.10. The lowest BCUT2D eigenvalue weighted by atomic mass is 10.1. The summed E-state index contributed by atoms with van der Waals surface area (Å²) in [6.45, 7) is 7.73. The van der Waals surface area contributed by atoms with Crippen LogP contribution in [-0.2, 0) is 16.3 Å². The Hall–Kier alpha value is -0.550. The average Bonchev–Trinajstić information content (AvgIpc) is 2.29. The summed E-state index contributed by atoms with van der Waals surface area (Å²) < 4.78 is 24.4. The zero-order valence-electron chi connectivity index (χ0n) is 12.0. The first-order chi connectivity index (χ1) is 8.67. The third-order valence-corrected chi connectivity index (χ3v) is 6.17. The predicted molar refractivity (Wildman–Crippen MR) is 85.5 cm³/mol. The summed E-state index contributed by atoms with van der Waals surface area (Å²) in [7, 11) is -3.07. The van der Waals surface area contributed by atoms with Crippen LogP contribution in [0.3, 0.4) is 0 Å². The van der Waals surface area contributed by atoms with Crippen LogP contribution in [0.25, 0.3) is 0 Å². The number of aryl methyl sites for hydroxylation is 1. The van der Waals surface area contributed by atoms with E-state index in [4.69, 9.17) is 0 Å². The van der Waals surface area contributed by atoms with Gasteiger partial charge in [0.05, 0.1) is 10.5 Å². The fraction of sp³-hybridized carbons (Fsp3) is 0.571. The van der Waals surface area contributed by atoms with Crippen LogP contribution in [0.15, 0.2) is 22.7 Å². The number of benzene rings is 1. The van der Waals surface area contributed by atoms with E-state index in [1.165, 1.54) is 5.56 Å². The van der Waals surface area contributed by atoms with Crippen molar-refractivity contribution in [1.29, 1.82) is 0 Å². The molecule has 0 spiro atoms. The molecule has 0 heterocycles. The Kier molecular flexibility index (Phi) is 5.44. The molecule has 0 fully saturated rings. The summed E-state index contributed by atoms with van der Waals surface area (Å²) in [5, 5.41) is 3.22. The molecular formula is C14H22BrNO2S. The van der Waals surface area contributed by atoms with Crippen molar-refractivity contribution in [2.24, 2.45) is 0 Å². The minimum Gasteiger partial charge on any atom is -0.384 e. The van der Waals surface area contributed by atoms with Crippen LogP contribution < -0.4 is 5.32 Å². The molecule has 5 heteroatoms. The molecule has 19 heavy (non-hydrogen) atoms. The molecule has 108 valence electrons. The van der Waals surface area contributed by atoms with E-state index in [1.807, 2.05) is 12.1 Å². The number of sulfone groups is 1. The Morgan fingerprint density at radius 3 is 2.42 bits per heavy atom. The molecule has 1 aromatic rings. The second kappa shape index (κ2) is 6.27. The van der Waals surface area contributed by atoms with Gasteiger partial charge in [0.15, 0.2) is 9.84 Å². The summed E-state index contributed by atoms with van der Waals surface area (Å²) in [6.07, 6.45) is 0.911. The number of nitrogens with one attached hydrogen (secondary N) is 1. The zero-order chi connectivity index (χ0) is 14.7. The number of hydrogen-bond donors (Lipinski definition) is 1. The Morgan fingerprint density at radius 1 is 1.26 bits per heavy atom. The van der Waals surface area contributed by atoms with Crippen molar-refractivity contribution in [3.05, 3.63) is 28.2 Å². The van der Waals surface area contributed by atoms with Crippen molar-refractivity contribution in [3.63, 3.8) is 0 Å². The van der Waals surface area contributed by atoms with E-state index in [0.29, 0.717) is 6.54 Å². The van der Waals surface area contributed by atoms with Crippen molar-refractivity contribution in [1.82, 2.24) is 0 Å². The van der Waals surface area contributed by atoms with Gasteiger partial charge in [-0.15, -0.1) is 0 Å². The molecule has 1 rings (SSSR count). The van der Waals surface area contributed by atoms with Crippen molar-refractivity contribution < 1.29 is 8.42 Å². The minimum atomic E-state index is -3.07. The summed E-state index contributed by atoms with van der Waals surface area (Å²) >= 11 is 3.44. The van der Waals surface area contributed by atoms with Gasteiger partial charge >= 0.3 is 0 Å². The third-order valence-electron chi connectivity index (χ3n) is 3.07. The molecule has 0 aliphatic heterocycles. The third kappa shape index (κ3) is 4.49. The number of halogens is 1. The first kappa shape index (κ1) is 16.5. The summed E-state index contributed by atoms with van der Waals surface area (Å²) in [5.41, 5.74) is 2.19. The van der Waals surface area contributed by atoms with Crippen LogP contribution in [-0.4, -0.2) is 25.5 Å². The molecule has 3 nitrogen and oxygen atoms in total. The number of anilines is 1. The molecule has 1 N–H and O–H groups in total. The van der Waals surface area contributed by atoms with Gasteiger partial charge in [0.25, 0.3) is 0 Å². The van der Waals surface area contributed by atoms with Gasteiger partial charge in [-0.1, -0.05) is 22.9 Å². The molecule has 0 unspecified atom stereocenters. The smallest absolute Gasteiger partial charge is 0.156 e. The topological polar surface area (TPSA) is 46.2 Å². The van der Waals surface area contributed by atoms with Crippen molar-refractivity contribution in [3.8, 4) is 0 Å². The molecule has 0 saturated carbocycles. The zero-order valence-corrected chi connectivity index (χ0v) is 14.4. The largest absolute Gasteiger partial charge is 0.384 e. The van der Waals surface area contributed by atoms with Gasteiger partial charge in [-0.2, -0.15) is 0 Å². The number of hydrogen-bond acceptors (Lipinski definition) is 3. The highest BCUT2D eigenvalue weighted by Crippen LogP contribution is 2.22. The van der Waals surface area contributed by atoms with Gasteiger partial charge in [-0.3, -0.25) is 0 Å². The highest BCUT2D eigenvalue weighted by atomic mass is 79.9. The SMILES string of the molecule is CCc1cc(Br)ccc1NCCS(=O)(=O)C(C)(C)C. The fourth-order valence-corrected chi connectivity index (χ4v) is 3.05. The van der Waals surface area contributed by atoms with E-state index in [1.54, 1.807) is 20.8 Å². The summed E-state index contributed by atoms with van der Waals surface area (Å²) in [4.78, 5) is 0. The van der Waals surface area contributed by atoms with E-state index in [0.717, 1.165) is 16.6 Å². The molecule has 0 bridgehead atoms. The quantitative estimate of drug-likeness (QED) is 0.884. The van der Waals surface area contributed by atoms with Gasteiger partial charge in [0.1, 0.15) is 0 Å². The lowest BCUT2D eigenvalue weighted by Gasteiger charge is -2.20. The van der Waals surface area contributed by atoms with E-state index >= 15 is 0 Å². The molecule has 0 aliphatic rings. The monoisotopic (exact) mass is 347 g/mol. The van der Waals surface area contributed by atoms with Gasteiger partial charge in [-0.05, 0) is 51.0 Å². The maximum atomic E-state index is 12.0. The maximum Gasteiger partial charge on any atom is 0.156 e. The van der Waals surface area contributed by atoms with Gasteiger partial charge in [0, 0.05) is 16.7 Å². The second-order valence-electron chi connectivity index (χ2n) is 5.51. The normalized spacial score (nSPS) is 12.5. The minimum absolute atomic E-state index is 0.149. The Labute approximate surface area is 124 Å². The fourth-order valence-electron chi connectivity index (χ4n) is 1.65. The van der Waals surface area contributed by atoms with Crippen molar-refractivity contribution in [2.45, 2.75) is 38.9 Å². The first-order valence-electron chi connectivity index (χ1n) is 6.42. The van der Waals surface area contributed by atoms with Gasteiger partial charge < -0.3 is 5.32 Å². The Morgan fingerprint density at radius 2 is 1.89 bits per heavy atom. The predicted octanol–water partition coefficient (Wildman–Crippen LogP) is 3.64. The molecular weight excluding hydrogens is 326 g/mol. The second-order valence-corrected chi connectivity index (χ2v) is 9.29. The number of rotatable bonds is 5. The van der Waals surface area contributed by atoms with Crippen LogP contribution in [0, 0.1) is 0 Å². The van der Waals surface area contributed by atoms with Crippen molar-refractivity contribution >= 4 is 31.5 Å². The van der Waals surface area contributed by atoms with Crippen LogP contribution in [0.4, 0.5) is 5.69 Å². The van der Waals surface area contributed by atoms with Gasteiger partial charge in [-0.25, -0.2) is 8.42 Å². The molecule has 1 aromatic carbocycles. The Bertz CT molecular complexity index is 533. The van der Waals surface area contributed by atoms with E-state index in [2.05, 4.69) is 34.2 Å². The lowest BCUT2D eigenvalue weighted by molar-refractivity contribution is 0.560. The molecule has 0 amide bonds. The summed E-state index contributed by atoms with van der Waals surface area (Å²) in [5.74, 6) is 0.149. The van der Waals surface area contributed by atoms with Crippen LogP contribution in [0.2, 0.25) is 0 Å². The van der Waals surface area contributed by atoms with Crippen molar-refractivity contribution in [2.75, 3.05) is 17.6 Å². The van der Waals surface area contributed by atoms with E-state index in [-0.39, 0.29) is 5.75 Å². The Balaban J connectivity index is 2.69.